The lowest BCUT2D eigenvalue weighted by Gasteiger charge is -2.33. The average Bonchev–Trinajstić information content (AvgIpc) is 2.56. The van der Waals surface area contributed by atoms with Crippen LogP contribution in [0, 0.1) is 0 Å². The summed E-state index contributed by atoms with van der Waals surface area (Å²) in [6.07, 6.45) is 0.0748. The minimum Gasteiger partial charge on any atom is -0.311 e. The van der Waals surface area contributed by atoms with Crippen molar-refractivity contribution in [2.45, 2.75) is 25.2 Å². The molecule has 1 fully saturated rings. The van der Waals surface area contributed by atoms with Crippen LogP contribution >= 0.6 is 0 Å². The van der Waals surface area contributed by atoms with Gasteiger partial charge in [-0.25, -0.2) is 0 Å². The molecule has 0 radical (unpaired) electrons. The first-order chi connectivity index (χ1) is 11.5. The van der Waals surface area contributed by atoms with Crippen LogP contribution < -0.4 is 5.32 Å². The van der Waals surface area contributed by atoms with Crippen LogP contribution in [0.4, 0.5) is 13.2 Å². The van der Waals surface area contributed by atoms with Gasteiger partial charge in [0.1, 0.15) is 0 Å². The largest absolute Gasteiger partial charge is 0.416 e. The van der Waals surface area contributed by atoms with Crippen molar-refractivity contribution >= 4 is 0 Å². The minimum atomic E-state index is -4.28. The molecule has 1 unspecified atom stereocenters. The Morgan fingerprint density at radius 2 is 1.92 bits per heavy atom. The van der Waals surface area contributed by atoms with Crippen molar-refractivity contribution in [2.24, 2.45) is 0 Å². The smallest absolute Gasteiger partial charge is 0.311 e. The van der Waals surface area contributed by atoms with Gasteiger partial charge in [-0.05, 0) is 35.7 Å². The molecular formula is C18H20F3N3. The molecule has 3 rings (SSSR count). The third-order valence-electron chi connectivity index (χ3n) is 4.23. The number of aromatic nitrogens is 1. The van der Waals surface area contributed by atoms with E-state index in [1.807, 2.05) is 12.3 Å². The Labute approximate surface area is 139 Å². The molecule has 0 aliphatic carbocycles. The van der Waals surface area contributed by atoms with Crippen molar-refractivity contribution in [3.8, 4) is 0 Å². The van der Waals surface area contributed by atoms with Gasteiger partial charge in [-0.15, -0.1) is 0 Å². The van der Waals surface area contributed by atoms with Crippen LogP contribution in [0.5, 0.6) is 0 Å². The van der Waals surface area contributed by atoms with Crippen molar-refractivity contribution in [1.82, 2.24) is 15.2 Å². The van der Waals surface area contributed by atoms with Crippen LogP contribution in [0.25, 0.3) is 0 Å². The third kappa shape index (κ3) is 4.55. The van der Waals surface area contributed by atoms with Crippen molar-refractivity contribution in [3.05, 3.63) is 65.5 Å². The standard InChI is InChI=1S/C18H20F3N3/c19-18(20,21)16-5-3-14(4-6-16)10-17-13-24(9-8-23-17)12-15-2-1-7-22-11-15/h1-7,11,17,23H,8-10,12-13H2. The van der Waals surface area contributed by atoms with Crippen LogP contribution in [-0.2, 0) is 19.1 Å². The normalized spacial score (nSPS) is 19.4. The Morgan fingerprint density at radius 1 is 1.12 bits per heavy atom. The number of hydrogen-bond acceptors (Lipinski definition) is 3. The quantitative estimate of drug-likeness (QED) is 0.930. The van der Waals surface area contributed by atoms with Gasteiger partial charge in [0.05, 0.1) is 5.56 Å². The van der Waals surface area contributed by atoms with Gasteiger partial charge in [-0.2, -0.15) is 13.2 Å². The fourth-order valence-electron chi connectivity index (χ4n) is 3.04. The van der Waals surface area contributed by atoms with E-state index in [-0.39, 0.29) is 6.04 Å². The molecule has 3 nitrogen and oxygen atoms in total. The summed E-state index contributed by atoms with van der Waals surface area (Å²) in [4.78, 5) is 6.48. The molecule has 1 aromatic heterocycles. The molecule has 1 aliphatic rings. The minimum absolute atomic E-state index is 0.243. The average molecular weight is 335 g/mol. The number of rotatable bonds is 4. The molecule has 0 bridgehead atoms. The zero-order valence-corrected chi connectivity index (χ0v) is 13.3. The summed E-state index contributed by atoms with van der Waals surface area (Å²) in [6.45, 7) is 3.55. The van der Waals surface area contributed by atoms with E-state index in [4.69, 9.17) is 0 Å². The topological polar surface area (TPSA) is 28.2 Å². The summed E-state index contributed by atoms with van der Waals surface area (Å²) in [6, 6.07) is 9.69. The second-order valence-electron chi connectivity index (χ2n) is 6.15. The van der Waals surface area contributed by atoms with E-state index >= 15 is 0 Å². The molecule has 128 valence electrons. The van der Waals surface area contributed by atoms with Crippen molar-refractivity contribution in [3.63, 3.8) is 0 Å². The van der Waals surface area contributed by atoms with E-state index in [0.717, 1.165) is 50.3 Å². The van der Waals surface area contributed by atoms with Crippen LogP contribution in [0.1, 0.15) is 16.7 Å². The van der Waals surface area contributed by atoms with Crippen molar-refractivity contribution in [1.29, 1.82) is 0 Å². The number of benzene rings is 1. The monoisotopic (exact) mass is 335 g/mol. The maximum atomic E-state index is 12.6. The lowest BCUT2D eigenvalue weighted by Crippen LogP contribution is -2.51. The summed E-state index contributed by atoms with van der Waals surface area (Å²) in [7, 11) is 0. The van der Waals surface area contributed by atoms with E-state index in [2.05, 4.69) is 21.3 Å². The lowest BCUT2D eigenvalue weighted by molar-refractivity contribution is -0.137. The highest BCUT2D eigenvalue weighted by molar-refractivity contribution is 5.25. The maximum Gasteiger partial charge on any atom is 0.416 e. The Morgan fingerprint density at radius 3 is 2.58 bits per heavy atom. The molecular weight excluding hydrogens is 315 g/mol. The van der Waals surface area contributed by atoms with Crippen molar-refractivity contribution in [2.75, 3.05) is 19.6 Å². The molecule has 24 heavy (non-hydrogen) atoms. The van der Waals surface area contributed by atoms with Crippen molar-refractivity contribution < 1.29 is 13.2 Å². The van der Waals surface area contributed by atoms with Crippen LogP contribution in [0.2, 0.25) is 0 Å². The summed E-state index contributed by atoms with van der Waals surface area (Å²) in [5.41, 5.74) is 1.50. The molecule has 1 N–H and O–H groups in total. The first-order valence-electron chi connectivity index (χ1n) is 8.01. The zero-order chi connectivity index (χ0) is 17.0. The number of nitrogens with one attached hydrogen (secondary N) is 1. The Bertz CT molecular complexity index is 641. The van der Waals surface area contributed by atoms with Crippen LogP contribution in [0.3, 0.4) is 0 Å². The fraction of sp³-hybridized carbons (Fsp3) is 0.389. The van der Waals surface area contributed by atoms with Gasteiger partial charge in [-0.3, -0.25) is 9.88 Å². The fourth-order valence-corrected chi connectivity index (χ4v) is 3.04. The Balaban J connectivity index is 1.57. The van der Waals surface area contributed by atoms with Gasteiger partial charge < -0.3 is 5.32 Å². The molecule has 0 amide bonds. The molecule has 0 saturated carbocycles. The molecule has 1 saturated heterocycles. The summed E-state index contributed by atoms with van der Waals surface area (Å²) < 4.78 is 37.8. The van der Waals surface area contributed by atoms with E-state index in [0.29, 0.717) is 0 Å². The summed E-state index contributed by atoms with van der Waals surface area (Å²) in [5, 5.41) is 3.45. The molecule has 1 atom stereocenters. The summed E-state index contributed by atoms with van der Waals surface area (Å²) >= 11 is 0. The van der Waals surface area contributed by atoms with E-state index in [1.165, 1.54) is 5.56 Å². The molecule has 0 spiro atoms. The highest BCUT2D eigenvalue weighted by atomic mass is 19.4. The molecule has 2 heterocycles. The number of alkyl halides is 3. The highest BCUT2D eigenvalue weighted by Gasteiger charge is 2.30. The number of halogens is 3. The predicted octanol–water partition coefficient (Wildman–Crippen LogP) is 3.12. The number of pyridine rings is 1. The number of hydrogen-bond donors (Lipinski definition) is 1. The molecule has 1 aliphatic heterocycles. The third-order valence-corrected chi connectivity index (χ3v) is 4.23. The van der Waals surface area contributed by atoms with Gasteiger partial charge in [0.15, 0.2) is 0 Å². The van der Waals surface area contributed by atoms with E-state index < -0.39 is 11.7 Å². The Kier molecular flexibility index (Phi) is 5.16. The van der Waals surface area contributed by atoms with Crippen LogP contribution in [0.15, 0.2) is 48.8 Å². The van der Waals surface area contributed by atoms with Gasteiger partial charge in [0, 0.05) is 44.6 Å². The maximum absolute atomic E-state index is 12.6. The summed E-state index contributed by atoms with van der Waals surface area (Å²) in [5.74, 6) is 0. The second kappa shape index (κ2) is 7.32. The molecule has 1 aromatic carbocycles. The second-order valence-corrected chi connectivity index (χ2v) is 6.15. The van der Waals surface area contributed by atoms with Gasteiger partial charge in [-0.1, -0.05) is 18.2 Å². The Hall–Kier alpha value is -1.92. The van der Waals surface area contributed by atoms with Gasteiger partial charge >= 0.3 is 6.18 Å². The van der Waals surface area contributed by atoms with Crippen LogP contribution in [-0.4, -0.2) is 35.6 Å². The van der Waals surface area contributed by atoms with Gasteiger partial charge in [0.2, 0.25) is 0 Å². The first kappa shape index (κ1) is 16.9. The molecule has 2 aromatic rings. The zero-order valence-electron chi connectivity index (χ0n) is 13.3. The number of nitrogens with zero attached hydrogens (tertiary/aromatic N) is 2. The number of piperazine rings is 1. The van der Waals surface area contributed by atoms with E-state index in [1.54, 1.807) is 18.3 Å². The molecule has 6 heteroatoms. The first-order valence-corrected chi connectivity index (χ1v) is 8.01. The highest BCUT2D eigenvalue weighted by Crippen LogP contribution is 2.29. The van der Waals surface area contributed by atoms with Gasteiger partial charge in [0.25, 0.3) is 0 Å². The lowest BCUT2D eigenvalue weighted by atomic mass is 10.0. The van der Waals surface area contributed by atoms with E-state index in [9.17, 15) is 13.2 Å². The SMILES string of the molecule is FC(F)(F)c1ccc(CC2CN(Cc3cccnc3)CCN2)cc1. The predicted molar refractivity (Wildman–Crippen MR) is 86.5 cm³/mol.